The molecule has 4 aromatic carbocycles. The Labute approximate surface area is 516 Å². The van der Waals surface area contributed by atoms with Gasteiger partial charge in [0.25, 0.3) is 0 Å². The molecular weight excluding hydrogens is 1080 g/mol. The molecule has 88 heavy (non-hydrogen) atoms. The Kier molecular flexibility index (Phi) is 19.6. The third kappa shape index (κ3) is 14.0. The van der Waals surface area contributed by atoms with Gasteiger partial charge in [0.2, 0.25) is 0 Å². The van der Waals surface area contributed by atoms with Gasteiger partial charge < -0.3 is 32.0 Å². The molecule has 16 rings (SSSR count). The summed E-state index contributed by atoms with van der Waals surface area (Å²) in [6.45, 7) is 16.8. The van der Waals surface area contributed by atoms with Gasteiger partial charge in [-0.1, -0.05) is 72.8 Å². The molecule has 448 valence electrons. The highest BCUT2D eigenvalue weighted by atomic mass is 15.3. The first-order valence-electron chi connectivity index (χ1n) is 29.5. The van der Waals surface area contributed by atoms with E-state index in [1.54, 1.807) is 0 Å². The van der Waals surface area contributed by atoms with Crippen molar-refractivity contribution in [3.8, 4) is 0 Å². The van der Waals surface area contributed by atoms with Gasteiger partial charge >= 0.3 is 0 Å². The molecule has 14 heteroatoms. The summed E-state index contributed by atoms with van der Waals surface area (Å²) in [4.78, 5) is 21.0. The number of hydrogen-bond acceptors (Lipinski definition) is 6. The van der Waals surface area contributed by atoms with E-state index in [0.29, 0.717) is 0 Å². The Hall–Kier alpha value is -10.3. The van der Waals surface area contributed by atoms with Crippen LogP contribution in [0, 0.1) is 55.4 Å². The Morgan fingerprint density at radius 1 is 0.318 bits per heavy atom. The van der Waals surface area contributed by atoms with Crippen LogP contribution in [0.4, 0.5) is 0 Å². The van der Waals surface area contributed by atoms with Crippen molar-refractivity contribution in [1.82, 2.24) is 66.7 Å². The van der Waals surface area contributed by atoms with Crippen molar-refractivity contribution in [3.05, 3.63) is 253 Å². The van der Waals surface area contributed by atoms with Gasteiger partial charge in [0.15, 0.2) is 0 Å². The zero-order valence-corrected chi connectivity index (χ0v) is 53.9. The van der Waals surface area contributed by atoms with Crippen LogP contribution in [0.5, 0.6) is 0 Å². The predicted octanol–water partition coefficient (Wildman–Crippen LogP) is 16.3. The first-order valence-corrected chi connectivity index (χ1v) is 29.5. The highest BCUT2D eigenvalue weighted by molar-refractivity contribution is 5.87. The third-order valence-corrected chi connectivity index (χ3v) is 16.8. The van der Waals surface area contributed by atoms with Gasteiger partial charge in [0.05, 0.1) is 27.6 Å². The minimum absolute atomic E-state index is 1.06. The summed E-state index contributed by atoms with van der Waals surface area (Å²) in [6, 6.07) is 47.6. The van der Waals surface area contributed by atoms with Crippen LogP contribution in [-0.4, -0.2) is 66.7 Å². The summed E-state index contributed by atoms with van der Waals surface area (Å²) >= 11 is 0. The number of aromatic nitrogens is 14. The molecule has 0 saturated carbocycles. The van der Waals surface area contributed by atoms with Gasteiger partial charge in [0.1, 0.15) is 5.82 Å². The monoisotopic (exact) mass is 1170 g/mol. The van der Waals surface area contributed by atoms with Gasteiger partial charge in [-0.3, -0.25) is 24.6 Å². The molecule has 12 aromatic heterocycles. The largest absolute Gasteiger partial charge is 0.353 e. The molecular formula is C74H82N14. The van der Waals surface area contributed by atoms with Gasteiger partial charge in [-0.05, 0) is 133 Å². The number of fused-ring (bicyclic) bond motifs is 8. The van der Waals surface area contributed by atoms with Crippen molar-refractivity contribution < 1.29 is 0 Å². The minimum atomic E-state index is 1.06. The number of rotatable bonds is 0. The first-order chi connectivity index (χ1) is 42.3. The number of benzene rings is 4. The number of nitrogens with zero attached hydrogens (tertiary/aromatic N) is 14. The second-order valence-corrected chi connectivity index (χ2v) is 22.4. The lowest BCUT2D eigenvalue weighted by molar-refractivity contribution is 0.751. The lowest BCUT2D eigenvalue weighted by Gasteiger charge is -1.96. The molecule has 0 aliphatic heterocycles. The molecule has 0 aliphatic rings. The van der Waals surface area contributed by atoms with Crippen LogP contribution in [0.3, 0.4) is 0 Å². The topological polar surface area (TPSA) is 117 Å². The molecule has 0 atom stereocenters. The van der Waals surface area contributed by atoms with Gasteiger partial charge in [-0.25, -0.2) is 4.98 Å². The van der Waals surface area contributed by atoms with Crippen molar-refractivity contribution in [2.24, 2.45) is 56.4 Å². The van der Waals surface area contributed by atoms with E-state index >= 15 is 0 Å². The summed E-state index contributed by atoms with van der Waals surface area (Å²) in [7, 11) is 16.4. The zero-order valence-electron chi connectivity index (χ0n) is 53.9. The number of hydrogen-bond donors (Lipinski definition) is 0. The summed E-state index contributed by atoms with van der Waals surface area (Å²) in [5.41, 5.74) is 15.8. The molecule has 12 heterocycles. The number of pyridine rings is 4. The quantitative estimate of drug-likeness (QED) is 0.149. The summed E-state index contributed by atoms with van der Waals surface area (Å²) < 4.78 is 16.8. The van der Waals surface area contributed by atoms with Crippen LogP contribution < -0.4 is 0 Å². The fourth-order valence-corrected chi connectivity index (χ4v) is 10.6. The molecule has 0 fully saturated rings. The molecule has 0 aliphatic carbocycles. The lowest BCUT2D eigenvalue weighted by Crippen LogP contribution is -1.91. The summed E-state index contributed by atoms with van der Waals surface area (Å²) in [5, 5.41) is 17.1. The molecule has 0 amide bonds. The van der Waals surface area contributed by atoms with E-state index in [1.165, 1.54) is 105 Å². The maximum absolute atomic E-state index is 4.38. The Morgan fingerprint density at radius 2 is 0.795 bits per heavy atom. The van der Waals surface area contributed by atoms with Crippen LogP contribution in [0.15, 0.2) is 208 Å². The van der Waals surface area contributed by atoms with Gasteiger partial charge in [-0.2, -0.15) is 5.10 Å². The molecule has 16 aromatic rings. The smallest absolute Gasteiger partial charge is 0.106 e. The highest BCUT2D eigenvalue weighted by Crippen LogP contribution is 2.23. The van der Waals surface area contributed by atoms with Crippen molar-refractivity contribution in [2.45, 2.75) is 55.4 Å². The first kappa shape index (κ1) is 62.2. The fraction of sp³-hybridized carbons (Fsp3) is 0.216. The number of imidazole rings is 1. The van der Waals surface area contributed by atoms with Crippen LogP contribution in [0.25, 0.3) is 87.0 Å². The molecule has 0 N–H and O–H groups in total. The van der Waals surface area contributed by atoms with Crippen LogP contribution in [0.1, 0.15) is 45.7 Å². The van der Waals surface area contributed by atoms with Crippen molar-refractivity contribution >= 4 is 87.0 Å². The SMILES string of the molecule is Cc1c2ccccc2cn1C.Cc1c2ccccc2nn1C.Cc1c2cccnc2cn1C.Cc1c2ccncc2cn1C.Cc1c2cnccc2cn1C.Cc1c2ncccc2cn1C.Cc1cc2ccccc2n1C.Cc1nc2ccccc2n1C. The molecule has 0 saturated heterocycles. The van der Waals surface area contributed by atoms with Crippen LogP contribution >= 0.6 is 0 Å². The molecule has 0 spiro atoms. The Balaban J connectivity index is 0.000000120. The van der Waals surface area contributed by atoms with Crippen molar-refractivity contribution in [3.63, 3.8) is 0 Å². The number of aryl methyl sites for hydroxylation is 16. The molecule has 0 unspecified atom stereocenters. The Bertz CT molecular complexity index is 4030. The van der Waals surface area contributed by atoms with E-state index < -0.39 is 0 Å². The van der Waals surface area contributed by atoms with Crippen LogP contribution in [-0.2, 0) is 56.4 Å². The predicted molar refractivity (Wildman–Crippen MR) is 368 cm³/mol. The molecule has 14 nitrogen and oxygen atoms in total. The second-order valence-electron chi connectivity index (χ2n) is 22.4. The summed E-state index contributed by atoms with van der Waals surface area (Å²) in [5.74, 6) is 1.06. The minimum Gasteiger partial charge on any atom is -0.353 e. The maximum atomic E-state index is 4.38. The standard InChI is InChI=1S/2C10H11N.6C9H10N2/c1-8-10-6-4-3-5-9(10)7-11(8)2;1-8-7-9-5-3-4-6-10(9)11(8)2;1-7-9-3-4-10-5-8(9)6-11(7)2;1-7-9-5-10-4-3-8(9)6-11(7)2;1-7-8-4-3-5-10-9(8)6-11(7)2;1-7-9-8(6-11(7)2)4-3-5-10-9;1-7-10-8-5-3-4-6-9(8)11(7)2;1-7-8-5-3-4-6-9(8)10-11(7)2/h2*3-7H,1-2H3;6*3-6H,1-2H3. The van der Waals surface area contributed by atoms with Gasteiger partial charge in [-0.15, -0.1) is 0 Å². The lowest BCUT2D eigenvalue weighted by atomic mass is 10.2. The van der Waals surface area contributed by atoms with E-state index in [4.69, 9.17) is 0 Å². The van der Waals surface area contributed by atoms with Crippen molar-refractivity contribution in [1.29, 1.82) is 0 Å². The average Bonchev–Trinajstić information content (AvgIpc) is 4.64. The summed E-state index contributed by atoms with van der Waals surface area (Å²) in [6.07, 6.45) is 21.6. The van der Waals surface area contributed by atoms with E-state index in [2.05, 4.69) is 242 Å². The second kappa shape index (κ2) is 27.8. The number of para-hydroxylation sites is 3. The van der Waals surface area contributed by atoms with Crippen LogP contribution in [0.2, 0.25) is 0 Å². The van der Waals surface area contributed by atoms with E-state index in [0.717, 1.165) is 27.9 Å². The average molecular weight is 1170 g/mol. The highest BCUT2D eigenvalue weighted by Gasteiger charge is 2.06. The van der Waals surface area contributed by atoms with E-state index in [-0.39, 0.29) is 0 Å². The Morgan fingerprint density at radius 3 is 1.43 bits per heavy atom. The molecule has 0 bridgehead atoms. The van der Waals surface area contributed by atoms with E-state index in [1.807, 2.05) is 144 Å². The van der Waals surface area contributed by atoms with Gasteiger partial charge in [0, 0.05) is 213 Å². The normalized spacial score (nSPS) is 10.7. The van der Waals surface area contributed by atoms with Crippen molar-refractivity contribution in [2.75, 3.05) is 0 Å². The zero-order chi connectivity index (χ0) is 62.8. The van der Waals surface area contributed by atoms with E-state index in [9.17, 15) is 0 Å². The maximum Gasteiger partial charge on any atom is 0.106 e. The third-order valence-electron chi connectivity index (χ3n) is 16.8. The molecule has 0 radical (unpaired) electrons. The fourth-order valence-electron chi connectivity index (χ4n) is 10.6.